The van der Waals surface area contributed by atoms with E-state index in [1.54, 1.807) is 19.1 Å². The van der Waals surface area contributed by atoms with Crippen molar-refractivity contribution in [1.29, 1.82) is 0 Å². The molecule has 1 atom stereocenters. The van der Waals surface area contributed by atoms with Gasteiger partial charge in [0.1, 0.15) is 17.3 Å². The van der Waals surface area contributed by atoms with Crippen molar-refractivity contribution >= 4 is 5.78 Å². The van der Waals surface area contributed by atoms with Crippen LogP contribution >= 0.6 is 0 Å². The molecule has 0 aliphatic heterocycles. The summed E-state index contributed by atoms with van der Waals surface area (Å²) in [6.07, 6.45) is 5.43. The number of phenols is 2. The van der Waals surface area contributed by atoms with Gasteiger partial charge in [0.05, 0.1) is 0 Å². The van der Waals surface area contributed by atoms with E-state index in [1.807, 2.05) is 6.92 Å². The van der Waals surface area contributed by atoms with Crippen LogP contribution in [-0.2, 0) is 4.79 Å². The second-order valence-corrected chi connectivity index (χ2v) is 5.65. The van der Waals surface area contributed by atoms with Crippen molar-refractivity contribution in [2.75, 3.05) is 0 Å². The van der Waals surface area contributed by atoms with Crippen molar-refractivity contribution in [3.05, 3.63) is 23.3 Å². The Kier molecular flexibility index (Phi) is 6.56. The van der Waals surface area contributed by atoms with Crippen LogP contribution in [0.1, 0.15) is 69.4 Å². The Balaban J connectivity index is 2.56. The van der Waals surface area contributed by atoms with E-state index < -0.39 is 0 Å². The maximum atomic E-state index is 11.9. The third kappa shape index (κ3) is 4.87. The van der Waals surface area contributed by atoms with Crippen LogP contribution in [0.3, 0.4) is 0 Å². The standard InChI is InChI=1S/C17H26O3/c1-4-5-6-7-8-14(18)9-12(2)15-11-16(19)13(3)10-17(15)20/h10-12,19-20H,4-9H2,1-3H3. The van der Waals surface area contributed by atoms with Crippen LogP contribution in [0.15, 0.2) is 12.1 Å². The predicted molar refractivity (Wildman–Crippen MR) is 81.3 cm³/mol. The molecule has 112 valence electrons. The summed E-state index contributed by atoms with van der Waals surface area (Å²) in [5, 5.41) is 19.6. The predicted octanol–water partition coefficient (Wildman–Crippen LogP) is 4.44. The molecular weight excluding hydrogens is 252 g/mol. The van der Waals surface area contributed by atoms with Gasteiger partial charge in [-0.05, 0) is 37.0 Å². The molecule has 0 bridgehead atoms. The summed E-state index contributed by atoms with van der Waals surface area (Å²) >= 11 is 0. The van der Waals surface area contributed by atoms with Crippen LogP contribution in [-0.4, -0.2) is 16.0 Å². The number of ketones is 1. The summed E-state index contributed by atoms with van der Waals surface area (Å²) in [5.41, 5.74) is 1.29. The number of benzene rings is 1. The van der Waals surface area contributed by atoms with Crippen molar-refractivity contribution < 1.29 is 15.0 Å². The fourth-order valence-corrected chi connectivity index (χ4v) is 2.39. The molecule has 1 unspecified atom stereocenters. The lowest BCUT2D eigenvalue weighted by molar-refractivity contribution is -0.119. The molecule has 0 saturated heterocycles. The third-order valence-corrected chi connectivity index (χ3v) is 3.72. The summed E-state index contributed by atoms with van der Waals surface area (Å²) < 4.78 is 0. The van der Waals surface area contributed by atoms with Crippen LogP contribution in [0.5, 0.6) is 11.5 Å². The molecule has 1 rings (SSSR count). The summed E-state index contributed by atoms with van der Waals surface area (Å²) in [7, 11) is 0. The molecule has 0 fully saturated rings. The molecule has 3 nitrogen and oxygen atoms in total. The number of hydrogen-bond acceptors (Lipinski definition) is 3. The largest absolute Gasteiger partial charge is 0.508 e. The lowest BCUT2D eigenvalue weighted by Gasteiger charge is -2.14. The number of aryl methyl sites for hydroxylation is 1. The van der Waals surface area contributed by atoms with Crippen LogP contribution < -0.4 is 0 Å². The minimum absolute atomic E-state index is 0.0693. The minimum atomic E-state index is -0.0693. The quantitative estimate of drug-likeness (QED) is 0.546. The number of Topliss-reactive ketones (excluding diaryl/α,β-unsaturated/α-hetero) is 1. The number of carbonyl (C=O) groups is 1. The maximum absolute atomic E-state index is 11.9. The molecule has 0 heterocycles. The van der Waals surface area contributed by atoms with E-state index in [-0.39, 0.29) is 23.2 Å². The number of unbranched alkanes of at least 4 members (excludes halogenated alkanes) is 3. The van der Waals surface area contributed by atoms with Crippen molar-refractivity contribution in [2.24, 2.45) is 0 Å². The first kappa shape index (κ1) is 16.5. The molecule has 0 radical (unpaired) electrons. The molecule has 0 aliphatic carbocycles. The molecule has 0 aromatic heterocycles. The van der Waals surface area contributed by atoms with E-state index in [4.69, 9.17) is 0 Å². The van der Waals surface area contributed by atoms with Crippen LogP contribution in [0.25, 0.3) is 0 Å². The lowest BCUT2D eigenvalue weighted by atomic mass is 9.92. The molecule has 3 heteroatoms. The zero-order valence-electron chi connectivity index (χ0n) is 12.8. The highest BCUT2D eigenvalue weighted by Crippen LogP contribution is 2.33. The number of hydrogen-bond donors (Lipinski definition) is 2. The van der Waals surface area contributed by atoms with Gasteiger partial charge in [-0.2, -0.15) is 0 Å². The molecule has 1 aromatic carbocycles. The van der Waals surface area contributed by atoms with E-state index in [0.29, 0.717) is 24.0 Å². The molecule has 0 saturated carbocycles. The van der Waals surface area contributed by atoms with Gasteiger partial charge in [0.2, 0.25) is 0 Å². The van der Waals surface area contributed by atoms with Crippen LogP contribution in [0, 0.1) is 6.92 Å². The van der Waals surface area contributed by atoms with Crippen molar-refractivity contribution in [1.82, 2.24) is 0 Å². The average molecular weight is 278 g/mol. The van der Waals surface area contributed by atoms with Crippen molar-refractivity contribution in [3.63, 3.8) is 0 Å². The van der Waals surface area contributed by atoms with Gasteiger partial charge in [-0.15, -0.1) is 0 Å². The first-order chi connectivity index (χ1) is 9.45. The first-order valence-corrected chi connectivity index (χ1v) is 7.49. The fourth-order valence-electron chi connectivity index (χ4n) is 2.39. The number of phenolic OH excluding ortho intramolecular Hbond substituents is 2. The molecule has 0 aliphatic rings. The highest BCUT2D eigenvalue weighted by molar-refractivity contribution is 5.79. The van der Waals surface area contributed by atoms with Gasteiger partial charge in [-0.1, -0.05) is 33.1 Å². The van der Waals surface area contributed by atoms with Gasteiger partial charge in [0, 0.05) is 18.4 Å². The molecule has 1 aromatic rings. The molecule has 2 N–H and O–H groups in total. The SMILES string of the molecule is CCCCCCC(=O)CC(C)c1cc(O)c(C)cc1O. The second-order valence-electron chi connectivity index (χ2n) is 5.65. The van der Waals surface area contributed by atoms with Gasteiger partial charge in [0.15, 0.2) is 0 Å². The summed E-state index contributed by atoms with van der Waals surface area (Å²) in [5.74, 6) is 0.486. The minimum Gasteiger partial charge on any atom is -0.508 e. The van der Waals surface area contributed by atoms with Crippen LogP contribution in [0.4, 0.5) is 0 Å². The molecule has 20 heavy (non-hydrogen) atoms. The van der Waals surface area contributed by atoms with Crippen molar-refractivity contribution in [2.45, 2.75) is 65.2 Å². The Labute approximate surface area is 121 Å². The number of carbonyl (C=O) groups excluding carboxylic acids is 1. The lowest BCUT2D eigenvalue weighted by Crippen LogP contribution is -2.05. The first-order valence-electron chi connectivity index (χ1n) is 7.49. The Bertz CT molecular complexity index is 452. The van der Waals surface area contributed by atoms with Gasteiger partial charge >= 0.3 is 0 Å². The Morgan fingerprint density at radius 2 is 1.85 bits per heavy atom. The molecule has 0 amide bonds. The Hall–Kier alpha value is -1.51. The Morgan fingerprint density at radius 1 is 1.15 bits per heavy atom. The third-order valence-electron chi connectivity index (χ3n) is 3.72. The summed E-state index contributed by atoms with van der Waals surface area (Å²) in [6, 6.07) is 3.12. The zero-order valence-corrected chi connectivity index (χ0v) is 12.8. The summed E-state index contributed by atoms with van der Waals surface area (Å²) in [6.45, 7) is 5.80. The monoisotopic (exact) mass is 278 g/mol. The van der Waals surface area contributed by atoms with Gasteiger partial charge in [-0.3, -0.25) is 4.79 Å². The van der Waals surface area contributed by atoms with E-state index in [1.165, 1.54) is 12.8 Å². The van der Waals surface area contributed by atoms with E-state index in [2.05, 4.69) is 6.92 Å². The number of aromatic hydroxyl groups is 2. The second kappa shape index (κ2) is 7.93. The van der Waals surface area contributed by atoms with Crippen LogP contribution in [0.2, 0.25) is 0 Å². The van der Waals surface area contributed by atoms with E-state index in [9.17, 15) is 15.0 Å². The van der Waals surface area contributed by atoms with Gasteiger partial charge in [0.25, 0.3) is 0 Å². The highest BCUT2D eigenvalue weighted by atomic mass is 16.3. The maximum Gasteiger partial charge on any atom is 0.133 e. The molecular formula is C17H26O3. The van der Waals surface area contributed by atoms with E-state index in [0.717, 1.165) is 12.8 Å². The normalized spacial score (nSPS) is 12.3. The number of rotatable bonds is 8. The van der Waals surface area contributed by atoms with Gasteiger partial charge in [-0.25, -0.2) is 0 Å². The average Bonchev–Trinajstić information content (AvgIpc) is 2.38. The highest BCUT2D eigenvalue weighted by Gasteiger charge is 2.16. The van der Waals surface area contributed by atoms with Crippen molar-refractivity contribution in [3.8, 4) is 11.5 Å². The summed E-state index contributed by atoms with van der Waals surface area (Å²) in [4.78, 5) is 11.9. The molecule has 0 spiro atoms. The smallest absolute Gasteiger partial charge is 0.133 e. The fraction of sp³-hybridized carbons (Fsp3) is 0.588. The topological polar surface area (TPSA) is 57.5 Å². The Morgan fingerprint density at radius 3 is 2.50 bits per heavy atom. The zero-order chi connectivity index (χ0) is 15.1. The van der Waals surface area contributed by atoms with E-state index >= 15 is 0 Å². The van der Waals surface area contributed by atoms with Gasteiger partial charge < -0.3 is 10.2 Å².